The van der Waals surface area contributed by atoms with E-state index in [0.29, 0.717) is 0 Å². The summed E-state index contributed by atoms with van der Waals surface area (Å²) in [5.74, 6) is 0.758. The highest BCUT2D eigenvalue weighted by Crippen LogP contribution is 2.18. The van der Waals surface area contributed by atoms with Crippen LogP contribution in [0.3, 0.4) is 0 Å². The fourth-order valence-corrected chi connectivity index (χ4v) is 1.76. The molecular formula is C11H21N. The molecule has 12 heavy (non-hydrogen) atoms. The van der Waals surface area contributed by atoms with E-state index in [9.17, 15) is 0 Å². The Hall–Kier alpha value is -0.300. The molecule has 1 rings (SSSR count). The third-order valence-corrected chi connectivity index (χ3v) is 2.66. The predicted octanol–water partition coefficient (Wildman–Crippen LogP) is 2.68. The summed E-state index contributed by atoms with van der Waals surface area (Å²) >= 11 is 0. The first-order valence-corrected chi connectivity index (χ1v) is 5.07. The average Bonchev–Trinajstić information content (AvgIpc) is 1.95. The van der Waals surface area contributed by atoms with Crippen LogP contribution in [0.15, 0.2) is 11.6 Å². The molecule has 0 aromatic carbocycles. The van der Waals surface area contributed by atoms with Crippen LogP contribution in [0, 0.1) is 5.92 Å². The Bertz CT molecular complexity index is 158. The minimum absolute atomic E-state index is 0.758. The summed E-state index contributed by atoms with van der Waals surface area (Å²) in [6, 6.07) is 0. The lowest BCUT2D eigenvalue weighted by Gasteiger charge is -2.21. The molecule has 0 aliphatic carbocycles. The fraction of sp³-hybridized carbons (Fsp3) is 0.818. The molecule has 1 nitrogen and oxygen atoms in total. The van der Waals surface area contributed by atoms with Crippen LogP contribution in [-0.4, -0.2) is 25.0 Å². The van der Waals surface area contributed by atoms with Crippen molar-refractivity contribution in [1.82, 2.24) is 4.90 Å². The van der Waals surface area contributed by atoms with E-state index in [2.05, 4.69) is 31.9 Å². The molecule has 0 fully saturated rings. The summed E-state index contributed by atoms with van der Waals surface area (Å²) in [6.07, 6.45) is 6.33. The van der Waals surface area contributed by atoms with Crippen LogP contribution in [0.2, 0.25) is 0 Å². The zero-order chi connectivity index (χ0) is 8.97. The van der Waals surface area contributed by atoms with E-state index in [1.54, 1.807) is 5.57 Å². The first-order chi connectivity index (χ1) is 5.70. The molecule has 0 radical (unpaired) electrons. The van der Waals surface area contributed by atoms with Gasteiger partial charge in [0.05, 0.1) is 0 Å². The molecule has 0 amide bonds. The minimum Gasteiger partial charge on any atom is -0.306 e. The second kappa shape index (κ2) is 4.66. The van der Waals surface area contributed by atoms with E-state index >= 15 is 0 Å². The van der Waals surface area contributed by atoms with Crippen molar-refractivity contribution >= 4 is 0 Å². The van der Waals surface area contributed by atoms with Gasteiger partial charge < -0.3 is 4.90 Å². The average molecular weight is 167 g/mol. The monoisotopic (exact) mass is 167 g/mol. The van der Waals surface area contributed by atoms with Crippen LogP contribution in [0.5, 0.6) is 0 Å². The van der Waals surface area contributed by atoms with Crippen molar-refractivity contribution < 1.29 is 0 Å². The molecule has 1 heterocycles. The van der Waals surface area contributed by atoms with Crippen LogP contribution >= 0.6 is 0 Å². The van der Waals surface area contributed by atoms with E-state index < -0.39 is 0 Å². The number of rotatable bonds is 1. The third kappa shape index (κ3) is 2.98. The Kier molecular flexibility index (Phi) is 3.80. The smallest absolute Gasteiger partial charge is 0.00130 e. The van der Waals surface area contributed by atoms with Gasteiger partial charge in [0.15, 0.2) is 0 Å². The zero-order valence-electron chi connectivity index (χ0n) is 8.64. The van der Waals surface area contributed by atoms with Gasteiger partial charge in [-0.3, -0.25) is 0 Å². The highest BCUT2D eigenvalue weighted by Gasteiger charge is 2.07. The van der Waals surface area contributed by atoms with Crippen molar-refractivity contribution in [2.75, 3.05) is 20.1 Å². The van der Waals surface area contributed by atoms with Crippen LogP contribution < -0.4 is 0 Å². The predicted molar refractivity (Wildman–Crippen MR) is 54.3 cm³/mol. The van der Waals surface area contributed by atoms with Gasteiger partial charge in [-0.2, -0.15) is 0 Å². The van der Waals surface area contributed by atoms with Gasteiger partial charge in [0.25, 0.3) is 0 Å². The van der Waals surface area contributed by atoms with Crippen molar-refractivity contribution in [2.45, 2.75) is 33.1 Å². The zero-order valence-corrected chi connectivity index (χ0v) is 8.64. The van der Waals surface area contributed by atoms with Crippen LogP contribution in [0.25, 0.3) is 0 Å². The van der Waals surface area contributed by atoms with Gasteiger partial charge in [-0.05, 0) is 38.8 Å². The maximum absolute atomic E-state index is 2.44. The molecule has 0 saturated heterocycles. The van der Waals surface area contributed by atoms with Gasteiger partial charge >= 0.3 is 0 Å². The molecule has 0 aromatic heterocycles. The van der Waals surface area contributed by atoms with E-state index in [1.807, 2.05) is 0 Å². The number of hydrogen-bond acceptors (Lipinski definition) is 1. The summed E-state index contributed by atoms with van der Waals surface area (Å²) in [4.78, 5) is 2.42. The molecule has 0 atom stereocenters. The van der Waals surface area contributed by atoms with Gasteiger partial charge in [0.1, 0.15) is 0 Å². The van der Waals surface area contributed by atoms with Crippen LogP contribution in [0.1, 0.15) is 33.1 Å². The second-order valence-electron chi connectivity index (χ2n) is 4.13. The van der Waals surface area contributed by atoms with E-state index in [0.717, 1.165) is 5.92 Å². The SMILES string of the molecule is CC(C)/C1=C/CCN(C)CCC1. The van der Waals surface area contributed by atoms with Gasteiger partial charge in [0.2, 0.25) is 0 Å². The summed E-state index contributed by atoms with van der Waals surface area (Å²) in [5, 5.41) is 0. The Morgan fingerprint density at radius 1 is 1.33 bits per heavy atom. The summed E-state index contributed by atoms with van der Waals surface area (Å²) in [6.45, 7) is 7.11. The van der Waals surface area contributed by atoms with Crippen LogP contribution in [0.4, 0.5) is 0 Å². The molecule has 0 saturated carbocycles. The fourth-order valence-electron chi connectivity index (χ4n) is 1.76. The van der Waals surface area contributed by atoms with Crippen molar-refractivity contribution in [2.24, 2.45) is 5.92 Å². The molecule has 0 bridgehead atoms. The Morgan fingerprint density at radius 2 is 2.08 bits per heavy atom. The Labute approximate surface area is 76.5 Å². The molecule has 0 N–H and O–H groups in total. The number of allylic oxidation sites excluding steroid dienone is 1. The summed E-state index contributed by atoms with van der Waals surface area (Å²) < 4.78 is 0. The summed E-state index contributed by atoms with van der Waals surface area (Å²) in [5.41, 5.74) is 1.67. The lowest BCUT2D eigenvalue weighted by Crippen LogP contribution is -2.22. The number of nitrogens with zero attached hydrogens (tertiary/aromatic N) is 1. The molecule has 0 unspecified atom stereocenters. The van der Waals surface area contributed by atoms with Gasteiger partial charge in [-0.15, -0.1) is 0 Å². The lowest BCUT2D eigenvalue weighted by molar-refractivity contribution is 0.328. The van der Waals surface area contributed by atoms with Crippen LogP contribution in [-0.2, 0) is 0 Å². The second-order valence-corrected chi connectivity index (χ2v) is 4.13. The molecule has 0 aromatic rings. The standard InChI is InChI=1S/C11H21N/c1-10(2)11-6-4-8-12(3)9-5-7-11/h6,10H,4-5,7-9H2,1-3H3/b11-6+. The van der Waals surface area contributed by atoms with Crippen molar-refractivity contribution in [1.29, 1.82) is 0 Å². The molecular weight excluding hydrogens is 146 g/mol. The molecule has 70 valence electrons. The van der Waals surface area contributed by atoms with E-state index in [4.69, 9.17) is 0 Å². The highest BCUT2D eigenvalue weighted by atomic mass is 15.1. The van der Waals surface area contributed by atoms with Crippen molar-refractivity contribution in [3.05, 3.63) is 11.6 Å². The maximum Gasteiger partial charge on any atom is 0.00130 e. The molecule has 0 spiro atoms. The van der Waals surface area contributed by atoms with E-state index in [-0.39, 0.29) is 0 Å². The molecule has 1 aliphatic rings. The summed E-state index contributed by atoms with van der Waals surface area (Å²) in [7, 11) is 2.22. The lowest BCUT2D eigenvalue weighted by atomic mass is 9.96. The quantitative estimate of drug-likeness (QED) is 0.543. The Morgan fingerprint density at radius 3 is 2.75 bits per heavy atom. The van der Waals surface area contributed by atoms with Gasteiger partial charge in [-0.1, -0.05) is 25.5 Å². The third-order valence-electron chi connectivity index (χ3n) is 2.66. The van der Waals surface area contributed by atoms with Crippen molar-refractivity contribution in [3.8, 4) is 0 Å². The maximum atomic E-state index is 2.44. The Balaban J connectivity index is 2.48. The normalized spacial score (nSPS) is 26.2. The first-order valence-electron chi connectivity index (χ1n) is 5.07. The largest absolute Gasteiger partial charge is 0.306 e. The van der Waals surface area contributed by atoms with Gasteiger partial charge in [0, 0.05) is 6.54 Å². The number of hydrogen-bond donors (Lipinski definition) is 0. The molecule has 1 heteroatoms. The molecule has 1 aliphatic heterocycles. The van der Waals surface area contributed by atoms with Gasteiger partial charge in [-0.25, -0.2) is 0 Å². The first kappa shape index (κ1) is 9.79. The topological polar surface area (TPSA) is 3.24 Å². The van der Waals surface area contributed by atoms with Crippen molar-refractivity contribution in [3.63, 3.8) is 0 Å². The van der Waals surface area contributed by atoms with E-state index in [1.165, 1.54) is 32.4 Å². The highest BCUT2D eigenvalue weighted by molar-refractivity contribution is 5.05. The minimum atomic E-state index is 0.758.